The number of carbonyl (C=O) groups is 3. The molecular weight excluding hydrogens is 472 g/mol. The minimum Gasteiger partial charge on any atom is -0.497 e. The summed E-state index contributed by atoms with van der Waals surface area (Å²) in [6, 6.07) is 13.1. The first kappa shape index (κ1) is 24.7. The smallest absolute Gasteiger partial charge is 0.432 e. The van der Waals surface area contributed by atoms with E-state index in [0.717, 1.165) is 0 Å². The van der Waals surface area contributed by atoms with E-state index >= 15 is 0 Å². The highest BCUT2D eigenvalue weighted by atomic mass is 16.5. The van der Waals surface area contributed by atoms with Crippen LogP contribution < -0.4 is 20.4 Å². The van der Waals surface area contributed by atoms with E-state index in [0.29, 0.717) is 22.7 Å². The van der Waals surface area contributed by atoms with Gasteiger partial charge in [0, 0.05) is 24.4 Å². The van der Waals surface area contributed by atoms with E-state index in [9.17, 15) is 19.2 Å². The van der Waals surface area contributed by atoms with Crippen molar-refractivity contribution in [3.8, 4) is 11.4 Å². The summed E-state index contributed by atoms with van der Waals surface area (Å²) in [5.74, 6) is -0.690. The lowest BCUT2D eigenvalue weighted by Crippen LogP contribution is -2.51. The van der Waals surface area contributed by atoms with Gasteiger partial charge in [-0.2, -0.15) is 0 Å². The first-order chi connectivity index (χ1) is 17.4. The number of nitrogens with one attached hydrogen (secondary N) is 2. The Bertz CT molecular complexity index is 1300. The molecule has 188 valence electrons. The van der Waals surface area contributed by atoms with Crippen molar-refractivity contribution in [2.45, 2.75) is 19.1 Å². The largest absolute Gasteiger partial charge is 0.497 e. The number of nitrogens with zero attached hydrogens (tertiary/aromatic N) is 2. The summed E-state index contributed by atoms with van der Waals surface area (Å²) in [5.41, 5.74) is 1.02. The van der Waals surface area contributed by atoms with Crippen LogP contribution in [0, 0.1) is 0 Å². The number of ether oxygens (including phenoxy) is 3. The van der Waals surface area contributed by atoms with E-state index in [1.54, 1.807) is 43.5 Å². The third kappa shape index (κ3) is 5.44. The number of methoxy groups -OCH3 is 2. The molecule has 12 heteroatoms. The number of esters is 1. The van der Waals surface area contributed by atoms with Crippen LogP contribution in [0.4, 0.5) is 5.69 Å². The van der Waals surface area contributed by atoms with Crippen LogP contribution in [0.3, 0.4) is 0 Å². The lowest BCUT2D eigenvalue weighted by molar-refractivity contribution is -0.678. The number of morpholine rings is 1. The van der Waals surface area contributed by atoms with Gasteiger partial charge in [0.15, 0.2) is 0 Å². The van der Waals surface area contributed by atoms with Gasteiger partial charge in [0.05, 0.1) is 32.8 Å². The van der Waals surface area contributed by atoms with Crippen molar-refractivity contribution in [1.82, 2.24) is 10.2 Å². The van der Waals surface area contributed by atoms with Crippen LogP contribution in [0.25, 0.3) is 5.69 Å². The number of aromatic amines is 1. The van der Waals surface area contributed by atoms with Crippen LogP contribution in [-0.4, -0.2) is 61.4 Å². The van der Waals surface area contributed by atoms with E-state index in [2.05, 4.69) is 15.3 Å². The molecule has 0 spiro atoms. The van der Waals surface area contributed by atoms with E-state index in [4.69, 9.17) is 14.0 Å². The maximum Gasteiger partial charge on any atom is 0.432 e. The maximum absolute atomic E-state index is 13.0. The van der Waals surface area contributed by atoms with Gasteiger partial charge in [-0.3, -0.25) is 14.1 Å². The Hall–Kier alpha value is -4.45. The number of benzene rings is 2. The summed E-state index contributed by atoms with van der Waals surface area (Å²) in [6.07, 6.45) is -1.22. The zero-order valence-electron chi connectivity index (χ0n) is 19.7. The van der Waals surface area contributed by atoms with E-state index in [-0.39, 0.29) is 31.8 Å². The summed E-state index contributed by atoms with van der Waals surface area (Å²) in [7, 11) is 2.83. The molecule has 2 heterocycles. The first-order valence-corrected chi connectivity index (χ1v) is 11.0. The van der Waals surface area contributed by atoms with Crippen molar-refractivity contribution in [2.75, 3.05) is 32.7 Å². The van der Waals surface area contributed by atoms with Crippen molar-refractivity contribution in [3.63, 3.8) is 0 Å². The molecule has 0 saturated carbocycles. The molecule has 2 aromatic carbocycles. The Morgan fingerprint density at radius 3 is 2.50 bits per heavy atom. The highest BCUT2D eigenvalue weighted by Crippen LogP contribution is 2.16. The minimum atomic E-state index is -1.01. The van der Waals surface area contributed by atoms with E-state index < -0.39 is 29.5 Å². The number of aromatic nitrogens is 2. The SMILES string of the molecule is COC(=O)c1ccc(NC(=O)CC2OCCN(Cc3c(=O)o[nH][n+]3-c3ccc(OC)cc3)C2=O)cc1. The van der Waals surface area contributed by atoms with E-state index in [1.165, 1.54) is 28.8 Å². The van der Waals surface area contributed by atoms with Gasteiger partial charge >= 0.3 is 17.3 Å². The van der Waals surface area contributed by atoms with Crippen molar-refractivity contribution in [2.24, 2.45) is 0 Å². The van der Waals surface area contributed by atoms with Gasteiger partial charge in [0.1, 0.15) is 18.4 Å². The number of anilines is 1. The average Bonchev–Trinajstić information content (AvgIpc) is 3.26. The monoisotopic (exact) mass is 497 g/mol. The van der Waals surface area contributed by atoms with Gasteiger partial charge < -0.3 is 24.4 Å². The molecule has 2 amide bonds. The molecule has 0 aliphatic carbocycles. The molecule has 1 aromatic heterocycles. The van der Waals surface area contributed by atoms with Crippen LogP contribution in [0.1, 0.15) is 22.5 Å². The summed E-state index contributed by atoms with van der Waals surface area (Å²) in [6.45, 7) is 0.419. The Labute approximate surface area is 205 Å². The molecule has 1 fully saturated rings. The predicted molar refractivity (Wildman–Crippen MR) is 124 cm³/mol. The Morgan fingerprint density at radius 1 is 1.11 bits per heavy atom. The molecule has 36 heavy (non-hydrogen) atoms. The van der Waals surface area contributed by atoms with Gasteiger partial charge in [0.2, 0.25) is 11.6 Å². The summed E-state index contributed by atoms with van der Waals surface area (Å²) < 4.78 is 21.8. The number of hydrogen-bond donors (Lipinski definition) is 2. The zero-order chi connectivity index (χ0) is 25.7. The molecule has 0 radical (unpaired) electrons. The summed E-state index contributed by atoms with van der Waals surface area (Å²) in [5, 5.41) is 5.22. The van der Waals surface area contributed by atoms with Gasteiger partial charge in [-0.25, -0.2) is 9.59 Å². The fourth-order valence-corrected chi connectivity index (χ4v) is 3.73. The predicted octanol–water partition coefficient (Wildman–Crippen LogP) is 0.796. The summed E-state index contributed by atoms with van der Waals surface area (Å²) >= 11 is 0. The molecule has 1 aliphatic heterocycles. The van der Waals surface area contributed by atoms with Crippen LogP contribution in [0.15, 0.2) is 57.8 Å². The van der Waals surface area contributed by atoms with Crippen LogP contribution in [0.2, 0.25) is 0 Å². The zero-order valence-corrected chi connectivity index (χ0v) is 19.7. The molecule has 1 atom stereocenters. The highest BCUT2D eigenvalue weighted by Gasteiger charge is 2.35. The lowest BCUT2D eigenvalue weighted by Gasteiger charge is -2.30. The molecule has 0 bridgehead atoms. The molecular formula is C24H25N4O8+. The second kappa shape index (κ2) is 10.9. The molecule has 1 unspecified atom stereocenters. The molecule has 12 nitrogen and oxygen atoms in total. The normalized spacial score (nSPS) is 15.4. The maximum atomic E-state index is 13.0. The topological polar surface area (TPSA) is 144 Å². The van der Waals surface area contributed by atoms with Gasteiger partial charge in [-0.15, -0.1) is 0 Å². The molecule has 3 aromatic rings. The lowest BCUT2D eigenvalue weighted by atomic mass is 10.1. The Kier molecular flexibility index (Phi) is 7.44. The number of amides is 2. The number of hydrogen-bond acceptors (Lipinski definition) is 8. The minimum absolute atomic E-state index is 0.0346. The van der Waals surface area contributed by atoms with Crippen LogP contribution in [-0.2, 0) is 25.6 Å². The highest BCUT2D eigenvalue weighted by molar-refractivity contribution is 5.96. The van der Waals surface area contributed by atoms with Crippen molar-refractivity contribution < 1.29 is 37.8 Å². The van der Waals surface area contributed by atoms with Crippen molar-refractivity contribution >= 4 is 23.5 Å². The Morgan fingerprint density at radius 2 is 1.83 bits per heavy atom. The number of rotatable bonds is 8. The van der Waals surface area contributed by atoms with Crippen LogP contribution >= 0.6 is 0 Å². The number of H-pyrrole nitrogens is 1. The number of carbonyl (C=O) groups excluding carboxylic acids is 3. The van der Waals surface area contributed by atoms with Gasteiger partial charge in [-0.05, 0) is 46.4 Å². The second-order valence-corrected chi connectivity index (χ2v) is 7.90. The quantitative estimate of drug-likeness (QED) is 0.344. The van der Waals surface area contributed by atoms with Crippen LogP contribution in [0.5, 0.6) is 5.75 Å². The molecule has 2 N–H and O–H groups in total. The molecule has 1 saturated heterocycles. The van der Waals surface area contributed by atoms with Gasteiger partial charge in [-0.1, -0.05) is 0 Å². The third-order valence-electron chi connectivity index (χ3n) is 5.63. The molecule has 1 aliphatic rings. The van der Waals surface area contributed by atoms with Crippen molar-refractivity contribution in [3.05, 3.63) is 70.2 Å². The molecule has 4 rings (SSSR count). The fourth-order valence-electron chi connectivity index (χ4n) is 3.73. The fraction of sp³-hybridized carbons (Fsp3) is 0.292. The summed E-state index contributed by atoms with van der Waals surface area (Å²) in [4.78, 5) is 50.9. The second-order valence-electron chi connectivity index (χ2n) is 7.90. The Balaban J connectivity index is 1.41. The van der Waals surface area contributed by atoms with Crippen molar-refractivity contribution in [1.29, 1.82) is 0 Å². The standard InChI is InChI=1S/C24H24N4O8/c1-33-18-9-7-17(8-10-18)28-19(24(32)36-26-28)14-27-11-12-35-20(22(27)30)13-21(29)25-16-5-3-15(4-6-16)23(31)34-2/h3-10,20H,11-14H2,1-2H3,(H-,25,26,29,31,32)/p+1. The van der Waals surface area contributed by atoms with Gasteiger partial charge in [0.25, 0.3) is 5.91 Å². The third-order valence-corrected chi connectivity index (χ3v) is 5.63. The van der Waals surface area contributed by atoms with E-state index in [1.807, 2.05) is 0 Å². The average molecular weight is 497 g/mol. The first-order valence-electron chi connectivity index (χ1n) is 11.0.